The molecule has 2 aromatic carbocycles. The maximum atomic E-state index is 12.6. The van der Waals surface area contributed by atoms with Gasteiger partial charge in [0.05, 0.1) is 11.1 Å². The van der Waals surface area contributed by atoms with Crippen molar-refractivity contribution in [3.8, 4) is 11.5 Å². The predicted molar refractivity (Wildman–Crippen MR) is 104 cm³/mol. The fraction of sp³-hybridized carbons (Fsp3) is 0.263. The Balaban J connectivity index is 1.65. The number of benzene rings is 2. The van der Waals surface area contributed by atoms with Crippen LogP contribution in [0.3, 0.4) is 0 Å². The van der Waals surface area contributed by atoms with E-state index in [0.717, 1.165) is 25.3 Å². The third-order valence-corrected chi connectivity index (χ3v) is 6.37. The van der Waals surface area contributed by atoms with E-state index in [0.29, 0.717) is 18.7 Å². The Morgan fingerprint density at radius 2 is 1.71 bits per heavy atom. The number of amides is 1. The van der Waals surface area contributed by atoms with E-state index in [1.165, 1.54) is 46.9 Å². The Hall–Kier alpha value is -2.91. The van der Waals surface area contributed by atoms with Crippen molar-refractivity contribution >= 4 is 22.1 Å². The van der Waals surface area contributed by atoms with E-state index in [-0.39, 0.29) is 22.0 Å². The average Bonchev–Trinajstić information content (AvgIpc) is 2.70. The lowest BCUT2D eigenvalue weighted by molar-refractivity contribution is 0.0955. The van der Waals surface area contributed by atoms with Crippen LogP contribution in [-0.4, -0.2) is 48.1 Å². The summed E-state index contributed by atoms with van der Waals surface area (Å²) in [5.74, 6) is -0.778. The highest BCUT2D eigenvalue weighted by Crippen LogP contribution is 2.22. The lowest BCUT2D eigenvalue weighted by atomic mass is 10.2. The number of nitrogens with one attached hydrogen (secondary N) is 1. The van der Waals surface area contributed by atoms with Crippen LogP contribution in [0.25, 0.3) is 0 Å². The molecule has 1 aliphatic rings. The van der Waals surface area contributed by atoms with E-state index < -0.39 is 15.9 Å². The molecule has 1 amide bonds. The van der Waals surface area contributed by atoms with Crippen LogP contribution >= 0.6 is 0 Å². The van der Waals surface area contributed by atoms with Crippen molar-refractivity contribution in [2.75, 3.05) is 13.1 Å². The minimum atomic E-state index is -3.54. The average molecular weight is 403 g/mol. The lowest BCUT2D eigenvalue weighted by Crippen LogP contribution is -2.35. The predicted octanol–water partition coefficient (Wildman–Crippen LogP) is 2.04. The van der Waals surface area contributed by atoms with Crippen molar-refractivity contribution in [1.29, 1.82) is 0 Å². The monoisotopic (exact) mass is 403 g/mol. The minimum Gasteiger partial charge on any atom is -0.508 e. The Labute approximate surface area is 163 Å². The first-order chi connectivity index (χ1) is 13.4. The number of hydrazone groups is 1. The lowest BCUT2D eigenvalue weighted by Gasteiger charge is -2.25. The van der Waals surface area contributed by atoms with Gasteiger partial charge in [-0.05, 0) is 49.2 Å². The number of phenols is 2. The van der Waals surface area contributed by atoms with E-state index >= 15 is 0 Å². The molecule has 8 nitrogen and oxygen atoms in total. The number of carbonyl (C=O) groups excluding carboxylic acids is 1. The standard InChI is InChI=1S/C19H21N3O5S/c23-16-7-4-15(18(24)12-16)13-20-21-19(25)14-5-8-17(9-6-14)28(26,27)22-10-2-1-3-11-22/h4-9,12-13,23-24H,1-3,10-11H2,(H,21,25). The summed E-state index contributed by atoms with van der Waals surface area (Å²) >= 11 is 0. The van der Waals surface area contributed by atoms with Crippen LogP contribution in [0.15, 0.2) is 52.5 Å². The van der Waals surface area contributed by atoms with E-state index in [9.17, 15) is 23.4 Å². The Bertz CT molecular complexity index is 981. The maximum Gasteiger partial charge on any atom is 0.271 e. The second kappa shape index (κ2) is 8.41. The molecule has 28 heavy (non-hydrogen) atoms. The molecule has 1 fully saturated rings. The number of hydrogen-bond acceptors (Lipinski definition) is 6. The van der Waals surface area contributed by atoms with Crippen LogP contribution in [0.1, 0.15) is 35.2 Å². The quantitative estimate of drug-likeness (QED) is 0.521. The number of rotatable bonds is 5. The van der Waals surface area contributed by atoms with Crippen LogP contribution < -0.4 is 5.43 Å². The number of piperidine rings is 1. The number of hydrogen-bond donors (Lipinski definition) is 3. The van der Waals surface area contributed by atoms with Crippen molar-refractivity contribution in [3.63, 3.8) is 0 Å². The van der Waals surface area contributed by atoms with Crippen LogP contribution in [0.4, 0.5) is 0 Å². The van der Waals surface area contributed by atoms with Crippen LogP contribution in [0.2, 0.25) is 0 Å². The third kappa shape index (κ3) is 4.49. The van der Waals surface area contributed by atoms with Gasteiger partial charge < -0.3 is 10.2 Å². The van der Waals surface area contributed by atoms with Gasteiger partial charge in [-0.15, -0.1) is 0 Å². The Morgan fingerprint density at radius 1 is 1.04 bits per heavy atom. The van der Waals surface area contributed by atoms with Crippen molar-refractivity contribution in [2.45, 2.75) is 24.2 Å². The Morgan fingerprint density at radius 3 is 2.36 bits per heavy atom. The van der Waals surface area contributed by atoms with Gasteiger partial charge in [-0.1, -0.05) is 6.42 Å². The largest absolute Gasteiger partial charge is 0.508 e. The number of carbonyl (C=O) groups is 1. The summed E-state index contributed by atoms with van der Waals surface area (Å²) in [5.41, 5.74) is 2.88. The zero-order valence-electron chi connectivity index (χ0n) is 15.1. The highest BCUT2D eigenvalue weighted by atomic mass is 32.2. The SMILES string of the molecule is O=C(NN=Cc1ccc(O)cc1O)c1ccc(S(=O)(=O)N2CCCCC2)cc1. The molecule has 2 aromatic rings. The first-order valence-corrected chi connectivity index (χ1v) is 10.3. The summed E-state index contributed by atoms with van der Waals surface area (Å²) in [6.07, 6.45) is 3.98. The van der Waals surface area contributed by atoms with Gasteiger partial charge in [-0.2, -0.15) is 9.41 Å². The van der Waals surface area contributed by atoms with E-state index in [4.69, 9.17) is 0 Å². The normalized spacial score (nSPS) is 15.6. The third-order valence-electron chi connectivity index (χ3n) is 4.45. The molecule has 148 valence electrons. The van der Waals surface area contributed by atoms with Gasteiger partial charge in [0.2, 0.25) is 10.0 Å². The van der Waals surface area contributed by atoms with Gasteiger partial charge in [0, 0.05) is 30.3 Å². The molecule has 1 saturated heterocycles. The number of nitrogens with zero attached hydrogens (tertiary/aromatic N) is 2. The zero-order chi connectivity index (χ0) is 20.1. The summed E-state index contributed by atoms with van der Waals surface area (Å²) < 4.78 is 26.7. The number of phenolic OH excluding ortho intramolecular Hbond substituents is 2. The van der Waals surface area contributed by atoms with Crippen molar-refractivity contribution < 1.29 is 23.4 Å². The van der Waals surface area contributed by atoms with Gasteiger partial charge in [0.25, 0.3) is 5.91 Å². The molecule has 0 radical (unpaired) electrons. The molecular weight excluding hydrogens is 382 g/mol. The van der Waals surface area contributed by atoms with Gasteiger partial charge in [0.15, 0.2) is 0 Å². The molecule has 0 unspecified atom stereocenters. The second-order valence-electron chi connectivity index (χ2n) is 6.43. The van der Waals surface area contributed by atoms with Crippen molar-refractivity contribution in [2.24, 2.45) is 5.10 Å². The minimum absolute atomic E-state index is 0.0849. The summed E-state index contributed by atoms with van der Waals surface area (Å²) in [5, 5.41) is 22.7. The highest BCUT2D eigenvalue weighted by molar-refractivity contribution is 7.89. The summed E-state index contributed by atoms with van der Waals surface area (Å²) in [7, 11) is -3.54. The zero-order valence-corrected chi connectivity index (χ0v) is 15.9. The first kappa shape index (κ1) is 19.8. The second-order valence-corrected chi connectivity index (χ2v) is 8.37. The molecule has 1 heterocycles. The summed E-state index contributed by atoms with van der Waals surface area (Å²) in [4.78, 5) is 12.3. The molecule has 0 bridgehead atoms. The van der Waals surface area contributed by atoms with Crippen LogP contribution in [-0.2, 0) is 10.0 Å². The van der Waals surface area contributed by atoms with Crippen molar-refractivity contribution in [1.82, 2.24) is 9.73 Å². The molecule has 0 atom stereocenters. The fourth-order valence-corrected chi connectivity index (χ4v) is 4.42. The van der Waals surface area contributed by atoms with Crippen LogP contribution in [0.5, 0.6) is 11.5 Å². The molecule has 3 rings (SSSR count). The summed E-state index contributed by atoms with van der Waals surface area (Å²) in [6, 6.07) is 9.66. The molecule has 0 saturated carbocycles. The highest BCUT2D eigenvalue weighted by Gasteiger charge is 2.25. The molecule has 3 N–H and O–H groups in total. The molecule has 0 spiro atoms. The van der Waals surface area contributed by atoms with Gasteiger partial charge >= 0.3 is 0 Å². The Kier molecular flexibility index (Phi) is 5.96. The van der Waals surface area contributed by atoms with Gasteiger partial charge in [-0.3, -0.25) is 4.79 Å². The van der Waals surface area contributed by atoms with Gasteiger partial charge in [0.1, 0.15) is 11.5 Å². The van der Waals surface area contributed by atoms with E-state index in [1.54, 1.807) is 0 Å². The van der Waals surface area contributed by atoms with Gasteiger partial charge in [-0.25, -0.2) is 13.8 Å². The van der Waals surface area contributed by atoms with E-state index in [1.807, 2.05) is 0 Å². The number of sulfonamides is 1. The molecule has 9 heteroatoms. The topological polar surface area (TPSA) is 119 Å². The van der Waals surface area contributed by atoms with Crippen LogP contribution in [0, 0.1) is 0 Å². The maximum absolute atomic E-state index is 12.6. The van der Waals surface area contributed by atoms with Crippen molar-refractivity contribution in [3.05, 3.63) is 53.6 Å². The van der Waals surface area contributed by atoms with E-state index in [2.05, 4.69) is 10.5 Å². The smallest absolute Gasteiger partial charge is 0.271 e. The molecular formula is C19H21N3O5S. The number of aromatic hydroxyl groups is 2. The first-order valence-electron chi connectivity index (χ1n) is 8.83. The molecule has 0 aromatic heterocycles. The molecule has 0 aliphatic carbocycles. The summed E-state index contributed by atoms with van der Waals surface area (Å²) in [6.45, 7) is 1.03. The molecule has 1 aliphatic heterocycles. The fourth-order valence-electron chi connectivity index (χ4n) is 2.90.